The molecule has 6 heteroatoms. The van der Waals surface area contributed by atoms with Crippen LogP contribution in [0.15, 0.2) is 48.7 Å². The summed E-state index contributed by atoms with van der Waals surface area (Å²) in [6, 6.07) is 7.90. The fourth-order valence-electron chi connectivity index (χ4n) is 5.41. The van der Waals surface area contributed by atoms with Crippen molar-refractivity contribution in [3.8, 4) is 0 Å². The van der Waals surface area contributed by atoms with Crippen LogP contribution in [-0.4, -0.2) is 32.7 Å². The Morgan fingerprint density at radius 3 is 2.84 bits per heavy atom. The molecule has 1 N–H and O–H groups in total. The highest BCUT2D eigenvalue weighted by Crippen LogP contribution is 2.42. The Morgan fingerprint density at radius 2 is 2.00 bits per heavy atom. The molecule has 0 radical (unpaired) electrons. The van der Waals surface area contributed by atoms with Gasteiger partial charge in [0.25, 0.3) is 11.8 Å². The Balaban J connectivity index is 1.49. The number of imide groups is 1. The minimum atomic E-state index is -0.310. The average Bonchev–Trinajstić information content (AvgIpc) is 3.43. The van der Waals surface area contributed by atoms with E-state index in [0.29, 0.717) is 11.3 Å². The van der Waals surface area contributed by atoms with Crippen molar-refractivity contribution < 1.29 is 14.7 Å². The number of aryl methyl sites for hydroxylation is 1. The van der Waals surface area contributed by atoms with Gasteiger partial charge in [-0.2, -0.15) is 0 Å². The van der Waals surface area contributed by atoms with Crippen LogP contribution >= 0.6 is 0 Å². The first-order valence-corrected chi connectivity index (χ1v) is 11.0. The number of rotatable bonds is 3. The van der Waals surface area contributed by atoms with Gasteiger partial charge in [0.2, 0.25) is 0 Å². The fourth-order valence-corrected chi connectivity index (χ4v) is 5.41. The van der Waals surface area contributed by atoms with Gasteiger partial charge in [-0.05, 0) is 25.3 Å². The molecule has 0 saturated carbocycles. The van der Waals surface area contributed by atoms with Crippen LogP contribution in [-0.2, 0) is 23.1 Å². The molecule has 4 heterocycles. The smallest absolute Gasteiger partial charge is 0.266 e. The van der Waals surface area contributed by atoms with Crippen molar-refractivity contribution >= 4 is 46.3 Å². The third-order valence-corrected chi connectivity index (χ3v) is 6.80. The first-order valence-electron chi connectivity index (χ1n) is 11.0. The lowest BCUT2D eigenvalue weighted by molar-refractivity contribution is -0.119. The van der Waals surface area contributed by atoms with E-state index < -0.39 is 0 Å². The quantitative estimate of drug-likeness (QED) is 0.649. The average molecular weight is 425 g/mol. The first kappa shape index (κ1) is 19.1. The molecule has 3 aliphatic rings. The number of aliphatic hydroxyl groups is 1. The normalized spacial score (nSPS) is 19.6. The van der Waals surface area contributed by atoms with Crippen LogP contribution < -0.4 is 4.90 Å². The predicted octanol–water partition coefficient (Wildman–Crippen LogP) is 3.85. The highest BCUT2D eigenvalue weighted by Gasteiger charge is 2.39. The first-order chi connectivity index (χ1) is 15.6. The molecule has 6 rings (SSSR count). The van der Waals surface area contributed by atoms with Gasteiger partial charge >= 0.3 is 0 Å². The lowest BCUT2D eigenvalue weighted by Crippen LogP contribution is -2.31. The summed E-state index contributed by atoms with van der Waals surface area (Å²) in [7, 11) is 1.92. The number of hydrogen-bond acceptors (Lipinski definition) is 3. The van der Waals surface area contributed by atoms with E-state index in [2.05, 4.69) is 10.6 Å². The van der Waals surface area contributed by atoms with E-state index in [1.54, 1.807) is 0 Å². The van der Waals surface area contributed by atoms with E-state index in [9.17, 15) is 14.7 Å². The summed E-state index contributed by atoms with van der Waals surface area (Å²) in [5, 5.41) is 10.7. The Bertz CT molecular complexity index is 1400. The third-order valence-electron chi connectivity index (χ3n) is 6.80. The summed E-state index contributed by atoms with van der Waals surface area (Å²) >= 11 is 0. The Morgan fingerprint density at radius 1 is 1.16 bits per heavy atom. The summed E-state index contributed by atoms with van der Waals surface area (Å²) in [4.78, 5) is 28.3. The molecule has 2 aliphatic heterocycles. The SMILES string of the molecule is Cn1cc(C2=CC(=O)N(c3c4n(c5ccccc35)C=CCC4)C2=O)c2c1C(CO)CC=C2. The van der Waals surface area contributed by atoms with Crippen LogP contribution in [0.4, 0.5) is 5.69 Å². The molecular weight excluding hydrogens is 402 g/mol. The van der Waals surface area contributed by atoms with Crippen LogP contribution in [0.1, 0.15) is 41.3 Å². The molecule has 1 aromatic carbocycles. The number of fused-ring (bicyclic) bond motifs is 4. The number of amides is 2. The van der Waals surface area contributed by atoms with E-state index in [4.69, 9.17) is 0 Å². The van der Waals surface area contributed by atoms with E-state index >= 15 is 0 Å². The standard InChI is InChI=1S/C26H23N3O3/c1-27-14-20(17-9-6-7-16(15-30)24(17)27)19-13-23(31)29(26(19)32)25-18-8-2-3-10-21(18)28-12-5-4-11-22(25)28/h2-3,5-6,8-10,12-14,16,30H,4,7,11,15H2,1H3. The molecule has 1 atom stereocenters. The molecule has 0 saturated heterocycles. The van der Waals surface area contributed by atoms with Crippen molar-refractivity contribution in [1.82, 2.24) is 9.13 Å². The van der Waals surface area contributed by atoms with Crippen LogP contribution in [0.5, 0.6) is 0 Å². The maximum absolute atomic E-state index is 13.7. The van der Waals surface area contributed by atoms with Crippen LogP contribution in [0.2, 0.25) is 0 Å². The minimum absolute atomic E-state index is 0.00752. The number of carbonyl (C=O) groups excluding carboxylic acids is 2. The summed E-state index contributed by atoms with van der Waals surface area (Å²) in [5.74, 6) is -0.613. The lowest BCUT2D eigenvalue weighted by Gasteiger charge is -2.20. The zero-order valence-corrected chi connectivity index (χ0v) is 17.8. The van der Waals surface area contributed by atoms with Gasteiger partial charge < -0.3 is 14.2 Å². The van der Waals surface area contributed by atoms with Crippen molar-refractivity contribution in [2.75, 3.05) is 11.5 Å². The zero-order chi connectivity index (χ0) is 22.0. The molecule has 6 nitrogen and oxygen atoms in total. The Kier molecular flexibility index (Phi) is 4.13. The maximum atomic E-state index is 13.7. The summed E-state index contributed by atoms with van der Waals surface area (Å²) in [6.07, 6.45) is 13.9. The predicted molar refractivity (Wildman–Crippen MR) is 125 cm³/mol. The number of para-hydroxylation sites is 1. The number of aromatic nitrogens is 2. The van der Waals surface area contributed by atoms with Gasteiger partial charge in [0.1, 0.15) is 0 Å². The van der Waals surface area contributed by atoms with Crippen LogP contribution in [0.25, 0.3) is 28.8 Å². The fraction of sp³-hybridized carbons (Fsp3) is 0.231. The van der Waals surface area contributed by atoms with Gasteiger partial charge in [-0.15, -0.1) is 0 Å². The number of carbonyl (C=O) groups is 2. The van der Waals surface area contributed by atoms with E-state index in [1.807, 2.05) is 60.4 Å². The largest absolute Gasteiger partial charge is 0.396 e. The van der Waals surface area contributed by atoms with Crippen LogP contribution in [0, 0.1) is 0 Å². The zero-order valence-electron chi connectivity index (χ0n) is 17.8. The summed E-state index contributed by atoms with van der Waals surface area (Å²) in [5.41, 5.74) is 5.74. The second-order valence-corrected chi connectivity index (χ2v) is 8.61. The minimum Gasteiger partial charge on any atom is -0.396 e. The molecule has 2 aromatic heterocycles. The maximum Gasteiger partial charge on any atom is 0.266 e. The Labute approximate surface area is 185 Å². The summed E-state index contributed by atoms with van der Waals surface area (Å²) < 4.78 is 4.06. The van der Waals surface area contributed by atoms with E-state index in [-0.39, 0.29) is 24.3 Å². The van der Waals surface area contributed by atoms with Gasteiger partial charge in [0, 0.05) is 59.3 Å². The second-order valence-electron chi connectivity index (χ2n) is 8.61. The summed E-state index contributed by atoms with van der Waals surface area (Å²) in [6.45, 7) is 0.0447. The van der Waals surface area contributed by atoms with Crippen molar-refractivity contribution in [2.24, 2.45) is 7.05 Å². The highest BCUT2D eigenvalue weighted by atomic mass is 16.3. The third kappa shape index (κ3) is 2.50. The molecular formula is C26H23N3O3. The van der Waals surface area contributed by atoms with Gasteiger partial charge in [-0.25, -0.2) is 4.90 Å². The Hall–Kier alpha value is -3.64. The molecule has 1 unspecified atom stereocenters. The van der Waals surface area contributed by atoms with Gasteiger partial charge in [-0.3, -0.25) is 9.59 Å². The second kappa shape index (κ2) is 6.93. The van der Waals surface area contributed by atoms with Gasteiger partial charge in [-0.1, -0.05) is 36.4 Å². The molecule has 2 amide bonds. The topological polar surface area (TPSA) is 67.5 Å². The highest BCUT2D eigenvalue weighted by molar-refractivity contribution is 6.45. The lowest BCUT2D eigenvalue weighted by atomic mass is 9.90. The molecule has 0 fully saturated rings. The molecule has 3 aromatic rings. The van der Waals surface area contributed by atoms with Crippen molar-refractivity contribution in [3.05, 3.63) is 71.2 Å². The molecule has 160 valence electrons. The van der Waals surface area contributed by atoms with Crippen LogP contribution in [0.3, 0.4) is 0 Å². The number of hydrogen-bond donors (Lipinski definition) is 1. The number of aliphatic hydroxyl groups excluding tert-OH is 1. The monoisotopic (exact) mass is 425 g/mol. The number of allylic oxidation sites excluding steroid dienone is 2. The number of benzene rings is 1. The number of anilines is 1. The van der Waals surface area contributed by atoms with Crippen molar-refractivity contribution in [1.29, 1.82) is 0 Å². The molecule has 32 heavy (non-hydrogen) atoms. The van der Waals surface area contributed by atoms with E-state index in [0.717, 1.165) is 52.7 Å². The van der Waals surface area contributed by atoms with E-state index in [1.165, 1.54) is 11.0 Å². The molecule has 1 aliphatic carbocycles. The number of nitrogens with zero attached hydrogens (tertiary/aromatic N) is 3. The van der Waals surface area contributed by atoms with Crippen molar-refractivity contribution in [2.45, 2.75) is 25.2 Å². The molecule has 0 spiro atoms. The van der Waals surface area contributed by atoms with Gasteiger partial charge in [0.15, 0.2) is 0 Å². The van der Waals surface area contributed by atoms with Crippen molar-refractivity contribution in [3.63, 3.8) is 0 Å². The molecule has 0 bridgehead atoms. The van der Waals surface area contributed by atoms with Gasteiger partial charge in [0.05, 0.1) is 23.4 Å².